The Morgan fingerprint density at radius 3 is 3.00 bits per heavy atom. The van der Waals surface area contributed by atoms with Crippen molar-refractivity contribution in [3.8, 4) is 17.6 Å². The van der Waals surface area contributed by atoms with E-state index in [9.17, 15) is 4.79 Å². The van der Waals surface area contributed by atoms with Crippen LogP contribution in [-0.4, -0.2) is 37.5 Å². The second-order valence-corrected chi connectivity index (χ2v) is 6.06. The molecule has 0 amide bonds. The number of allylic oxidation sites excluding steroid dienone is 1. The van der Waals surface area contributed by atoms with Gasteiger partial charge in [0.2, 0.25) is 0 Å². The molecule has 1 aromatic carbocycles. The summed E-state index contributed by atoms with van der Waals surface area (Å²) in [5.74, 6) is 7.38. The summed E-state index contributed by atoms with van der Waals surface area (Å²) in [5.41, 5.74) is 3.41. The summed E-state index contributed by atoms with van der Waals surface area (Å²) >= 11 is 0. The van der Waals surface area contributed by atoms with Gasteiger partial charge in [0, 0.05) is 17.7 Å². The number of ether oxygens (including phenoxy) is 2. The van der Waals surface area contributed by atoms with Gasteiger partial charge in [-0.2, -0.15) is 0 Å². The molecule has 0 saturated carbocycles. The predicted molar refractivity (Wildman–Crippen MR) is 94.0 cm³/mol. The zero-order valence-corrected chi connectivity index (χ0v) is 14.7. The maximum Gasteiger partial charge on any atom is 0.527 e. The summed E-state index contributed by atoms with van der Waals surface area (Å²) < 4.78 is 10.1. The summed E-state index contributed by atoms with van der Waals surface area (Å²) in [6.07, 6.45) is 3.26. The summed E-state index contributed by atoms with van der Waals surface area (Å²) in [5, 5.41) is 1.75. The second-order valence-electron chi connectivity index (χ2n) is 6.06. The lowest BCUT2D eigenvalue weighted by molar-refractivity contribution is -0.134. The summed E-state index contributed by atoms with van der Waals surface area (Å²) in [6.45, 7) is 2.78. The molecule has 1 atom stereocenters. The summed E-state index contributed by atoms with van der Waals surface area (Å²) in [6, 6.07) is 7.89. The third-order valence-electron chi connectivity index (χ3n) is 4.52. The van der Waals surface area contributed by atoms with E-state index in [1.165, 1.54) is 11.1 Å². The molecule has 1 fully saturated rings. The molecular weight excluding hydrogens is 318 g/mol. The minimum atomic E-state index is -0.627. The first-order valence-electron chi connectivity index (χ1n) is 8.70. The Labute approximate surface area is 148 Å². The number of hydroxylamine groups is 2. The molecule has 1 heterocycles. The SMILES string of the molecule is CCOC(=O)ON1CCC2=C(C#Cc3cccc(OC)c3)CCCC21. The lowest BCUT2D eigenvalue weighted by Gasteiger charge is -2.26. The van der Waals surface area contributed by atoms with Gasteiger partial charge in [0.15, 0.2) is 0 Å². The molecule has 0 bridgehead atoms. The normalized spacial score (nSPS) is 19.7. The molecule has 0 radical (unpaired) electrons. The van der Waals surface area contributed by atoms with E-state index in [1.807, 2.05) is 24.3 Å². The molecule has 0 aromatic heterocycles. The lowest BCUT2D eigenvalue weighted by Crippen LogP contribution is -2.34. The Morgan fingerprint density at radius 1 is 1.32 bits per heavy atom. The van der Waals surface area contributed by atoms with Crippen LogP contribution in [0.5, 0.6) is 5.75 Å². The van der Waals surface area contributed by atoms with Crippen LogP contribution in [0.3, 0.4) is 0 Å². The van der Waals surface area contributed by atoms with Gasteiger partial charge in [0.1, 0.15) is 5.75 Å². The van der Waals surface area contributed by atoms with Gasteiger partial charge in [-0.3, -0.25) is 0 Å². The number of methoxy groups -OCH3 is 1. The Bertz CT molecular complexity index is 729. The Morgan fingerprint density at radius 2 is 2.20 bits per heavy atom. The van der Waals surface area contributed by atoms with Crippen molar-refractivity contribution < 1.29 is 19.1 Å². The molecule has 5 nitrogen and oxygen atoms in total. The highest BCUT2D eigenvalue weighted by Gasteiger charge is 2.36. The van der Waals surface area contributed by atoms with Crippen LogP contribution in [0.25, 0.3) is 0 Å². The average molecular weight is 341 g/mol. The molecule has 1 unspecified atom stereocenters. The minimum Gasteiger partial charge on any atom is -0.497 e. The fraction of sp³-hybridized carbons (Fsp3) is 0.450. The van der Waals surface area contributed by atoms with Crippen molar-refractivity contribution >= 4 is 6.16 Å². The van der Waals surface area contributed by atoms with E-state index in [0.29, 0.717) is 13.2 Å². The highest BCUT2D eigenvalue weighted by molar-refractivity contribution is 5.59. The molecule has 3 rings (SSSR count). The largest absolute Gasteiger partial charge is 0.527 e. The highest BCUT2D eigenvalue weighted by Crippen LogP contribution is 2.36. The monoisotopic (exact) mass is 341 g/mol. The standard InChI is InChI=1S/C20H23NO4/c1-3-24-20(22)25-21-13-12-18-16(7-5-9-19(18)21)11-10-15-6-4-8-17(14-15)23-2/h4,6,8,14,19H,3,5,7,9,12-13H2,1-2H3. The molecule has 0 N–H and O–H groups in total. The van der Waals surface area contributed by atoms with Crippen molar-refractivity contribution in [2.75, 3.05) is 20.3 Å². The van der Waals surface area contributed by atoms with Crippen LogP contribution in [0.15, 0.2) is 35.4 Å². The van der Waals surface area contributed by atoms with Crippen molar-refractivity contribution in [2.45, 2.75) is 38.6 Å². The quantitative estimate of drug-likeness (QED) is 0.620. The molecule has 1 aromatic rings. The third kappa shape index (κ3) is 4.15. The van der Waals surface area contributed by atoms with Crippen LogP contribution in [-0.2, 0) is 9.57 Å². The van der Waals surface area contributed by atoms with Crippen LogP contribution in [0.1, 0.15) is 38.2 Å². The van der Waals surface area contributed by atoms with Gasteiger partial charge in [0.05, 0.1) is 19.8 Å². The van der Waals surface area contributed by atoms with E-state index in [-0.39, 0.29) is 6.04 Å². The lowest BCUT2D eigenvalue weighted by atomic mass is 9.88. The van der Waals surface area contributed by atoms with E-state index in [0.717, 1.165) is 37.0 Å². The zero-order valence-electron chi connectivity index (χ0n) is 14.7. The van der Waals surface area contributed by atoms with Gasteiger partial charge in [-0.05, 0) is 56.4 Å². The smallest absolute Gasteiger partial charge is 0.497 e. The third-order valence-corrected chi connectivity index (χ3v) is 4.52. The number of nitrogens with zero attached hydrogens (tertiary/aromatic N) is 1. The van der Waals surface area contributed by atoms with Gasteiger partial charge < -0.3 is 14.3 Å². The Balaban J connectivity index is 1.76. The van der Waals surface area contributed by atoms with Crippen molar-refractivity contribution in [3.63, 3.8) is 0 Å². The van der Waals surface area contributed by atoms with Crippen molar-refractivity contribution in [2.24, 2.45) is 0 Å². The second kappa shape index (κ2) is 8.09. The molecule has 1 saturated heterocycles. The van der Waals surface area contributed by atoms with Gasteiger partial charge in [0.25, 0.3) is 0 Å². The van der Waals surface area contributed by atoms with Crippen LogP contribution >= 0.6 is 0 Å². The van der Waals surface area contributed by atoms with Crippen molar-refractivity contribution in [3.05, 3.63) is 41.0 Å². The maximum atomic E-state index is 11.6. The number of carbonyl (C=O) groups excluding carboxylic acids is 1. The van der Waals surface area contributed by atoms with Gasteiger partial charge >= 0.3 is 6.16 Å². The number of fused-ring (bicyclic) bond motifs is 1. The van der Waals surface area contributed by atoms with Crippen LogP contribution in [0, 0.1) is 11.8 Å². The van der Waals surface area contributed by atoms with E-state index in [2.05, 4.69) is 11.8 Å². The minimum absolute atomic E-state index is 0.132. The summed E-state index contributed by atoms with van der Waals surface area (Å²) in [4.78, 5) is 16.9. The number of carbonyl (C=O) groups is 1. The van der Waals surface area contributed by atoms with Crippen molar-refractivity contribution in [1.29, 1.82) is 0 Å². The molecule has 2 aliphatic rings. The van der Waals surface area contributed by atoms with Gasteiger partial charge in [-0.15, -0.1) is 5.06 Å². The number of hydrogen-bond donors (Lipinski definition) is 0. The molecule has 0 spiro atoms. The average Bonchev–Trinajstić information content (AvgIpc) is 3.04. The fourth-order valence-electron chi connectivity index (χ4n) is 3.37. The van der Waals surface area contributed by atoms with Gasteiger partial charge in [-0.25, -0.2) is 4.79 Å². The molecule has 1 aliphatic carbocycles. The highest BCUT2D eigenvalue weighted by atomic mass is 16.8. The Hall–Kier alpha value is -2.45. The molecule has 5 heteroatoms. The molecule has 1 aliphatic heterocycles. The van der Waals surface area contributed by atoms with Crippen LogP contribution in [0.2, 0.25) is 0 Å². The van der Waals surface area contributed by atoms with E-state index in [4.69, 9.17) is 14.3 Å². The van der Waals surface area contributed by atoms with Gasteiger partial charge in [-0.1, -0.05) is 17.9 Å². The first-order valence-corrected chi connectivity index (χ1v) is 8.70. The van der Waals surface area contributed by atoms with E-state index >= 15 is 0 Å². The molecular formula is C20H23NO4. The molecule has 25 heavy (non-hydrogen) atoms. The van der Waals surface area contributed by atoms with Crippen molar-refractivity contribution in [1.82, 2.24) is 5.06 Å². The first kappa shape index (κ1) is 17.4. The van der Waals surface area contributed by atoms with E-state index in [1.54, 1.807) is 19.1 Å². The topological polar surface area (TPSA) is 48.0 Å². The number of hydrogen-bond acceptors (Lipinski definition) is 5. The summed E-state index contributed by atoms with van der Waals surface area (Å²) in [7, 11) is 1.65. The molecule has 132 valence electrons. The number of benzene rings is 1. The fourth-order valence-corrected chi connectivity index (χ4v) is 3.37. The number of rotatable bonds is 3. The Kier molecular flexibility index (Phi) is 5.62. The predicted octanol–water partition coefficient (Wildman–Crippen LogP) is 3.69. The zero-order chi connectivity index (χ0) is 17.6. The first-order chi connectivity index (χ1) is 12.2. The maximum absolute atomic E-state index is 11.6. The van der Waals surface area contributed by atoms with E-state index < -0.39 is 6.16 Å². The van der Waals surface area contributed by atoms with Crippen LogP contribution < -0.4 is 4.74 Å². The van der Waals surface area contributed by atoms with Crippen LogP contribution in [0.4, 0.5) is 4.79 Å².